The molecule has 0 radical (unpaired) electrons. The van der Waals surface area contributed by atoms with E-state index < -0.39 is 0 Å². The molecule has 2 aliphatic rings. The van der Waals surface area contributed by atoms with E-state index in [-0.39, 0.29) is 0 Å². The predicted molar refractivity (Wildman–Crippen MR) is 37.9 cm³/mol. The van der Waals surface area contributed by atoms with E-state index in [1.165, 1.54) is 12.8 Å². The van der Waals surface area contributed by atoms with Gasteiger partial charge in [-0.2, -0.15) is 0 Å². The van der Waals surface area contributed by atoms with Crippen LogP contribution in [0, 0.1) is 5.41 Å². The molecule has 1 unspecified atom stereocenters. The van der Waals surface area contributed by atoms with Crippen molar-refractivity contribution in [1.29, 1.82) is 0 Å². The lowest BCUT2D eigenvalue weighted by molar-refractivity contribution is -0.228. The van der Waals surface area contributed by atoms with Crippen LogP contribution in [-0.2, 0) is 9.47 Å². The molecule has 0 amide bonds. The first-order valence-electron chi connectivity index (χ1n) is 4.07. The summed E-state index contributed by atoms with van der Waals surface area (Å²) in [6, 6.07) is 0. The number of ether oxygens (including phenoxy) is 2. The summed E-state index contributed by atoms with van der Waals surface area (Å²) in [6.07, 6.45) is 2.97. The van der Waals surface area contributed by atoms with E-state index in [0.717, 1.165) is 19.8 Å². The Morgan fingerprint density at radius 2 is 2.20 bits per heavy atom. The molecule has 0 aromatic rings. The van der Waals surface area contributed by atoms with Gasteiger partial charge in [0.25, 0.3) is 0 Å². The van der Waals surface area contributed by atoms with Crippen molar-refractivity contribution >= 4 is 0 Å². The number of rotatable bonds is 2. The molecule has 0 aliphatic carbocycles. The topological polar surface area (TPSA) is 18.5 Å². The third-order valence-electron chi connectivity index (χ3n) is 2.87. The molecule has 0 bridgehead atoms. The van der Waals surface area contributed by atoms with Crippen LogP contribution in [0.1, 0.15) is 19.8 Å². The molecule has 2 saturated heterocycles. The summed E-state index contributed by atoms with van der Waals surface area (Å²) in [5, 5.41) is 0. The quantitative estimate of drug-likeness (QED) is 0.576. The second kappa shape index (κ2) is 2.21. The fourth-order valence-electron chi connectivity index (χ4n) is 1.70. The summed E-state index contributed by atoms with van der Waals surface area (Å²) < 4.78 is 10.7. The highest BCUT2D eigenvalue weighted by Gasteiger charge is 2.47. The molecule has 0 aromatic carbocycles. The maximum absolute atomic E-state index is 5.45. The van der Waals surface area contributed by atoms with E-state index in [1.807, 2.05) is 0 Å². The van der Waals surface area contributed by atoms with E-state index >= 15 is 0 Å². The molecule has 2 heteroatoms. The first-order valence-corrected chi connectivity index (χ1v) is 4.07. The van der Waals surface area contributed by atoms with Gasteiger partial charge in [-0.3, -0.25) is 0 Å². The molecule has 0 saturated carbocycles. The van der Waals surface area contributed by atoms with Gasteiger partial charge in [0, 0.05) is 12.0 Å². The summed E-state index contributed by atoms with van der Waals surface area (Å²) in [5.41, 5.74) is 0.415. The maximum atomic E-state index is 5.45. The lowest BCUT2D eigenvalue weighted by atomic mass is 9.75. The molecular formula is C8H14O2. The van der Waals surface area contributed by atoms with Gasteiger partial charge in [0.2, 0.25) is 0 Å². The molecule has 0 aromatic heterocycles. The first-order chi connectivity index (χ1) is 4.87. The normalized spacial score (nSPS) is 36.3. The van der Waals surface area contributed by atoms with Crippen LogP contribution in [0.15, 0.2) is 0 Å². The van der Waals surface area contributed by atoms with Gasteiger partial charge < -0.3 is 9.47 Å². The first kappa shape index (κ1) is 6.62. The molecule has 58 valence electrons. The number of hydrogen-bond acceptors (Lipinski definition) is 2. The van der Waals surface area contributed by atoms with Crippen molar-refractivity contribution in [2.45, 2.75) is 25.9 Å². The molecule has 2 aliphatic heterocycles. The summed E-state index contributed by atoms with van der Waals surface area (Å²) in [7, 11) is 0. The van der Waals surface area contributed by atoms with Gasteiger partial charge in [-0.1, -0.05) is 6.92 Å². The molecule has 0 spiro atoms. The fourth-order valence-corrected chi connectivity index (χ4v) is 1.70. The Hall–Kier alpha value is -0.0800. The van der Waals surface area contributed by atoms with Crippen molar-refractivity contribution in [3.63, 3.8) is 0 Å². The highest BCUT2D eigenvalue weighted by Crippen LogP contribution is 2.41. The molecule has 1 atom stereocenters. The van der Waals surface area contributed by atoms with Crippen molar-refractivity contribution in [2.24, 2.45) is 5.41 Å². The smallest absolute Gasteiger partial charge is 0.0697 e. The van der Waals surface area contributed by atoms with E-state index in [0.29, 0.717) is 11.5 Å². The van der Waals surface area contributed by atoms with Crippen molar-refractivity contribution in [3.05, 3.63) is 0 Å². The Morgan fingerprint density at radius 1 is 1.50 bits per heavy atom. The van der Waals surface area contributed by atoms with Crippen LogP contribution in [0.4, 0.5) is 0 Å². The monoisotopic (exact) mass is 142 g/mol. The molecule has 2 fully saturated rings. The van der Waals surface area contributed by atoms with Crippen molar-refractivity contribution in [2.75, 3.05) is 19.8 Å². The zero-order valence-corrected chi connectivity index (χ0v) is 6.43. The Bertz CT molecular complexity index is 120. The van der Waals surface area contributed by atoms with Crippen LogP contribution in [0.3, 0.4) is 0 Å². The fraction of sp³-hybridized carbons (Fsp3) is 1.00. The molecule has 2 nitrogen and oxygen atoms in total. The van der Waals surface area contributed by atoms with Crippen LogP contribution in [0.2, 0.25) is 0 Å². The van der Waals surface area contributed by atoms with Crippen molar-refractivity contribution in [1.82, 2.24) is 0 Å². The summed E-state index contributed by atoms with van der Waals surface area (Å²) in [6.45, 7) is 5.04. The van der Waals surface area contributed by atoms with Crippen LogP contribution >= 0.6 is 0 Å². The van der Waals surface area contributed by atoms with Gasteiger partial charge in [-0.25, -0.2) is 0 Å². The SMILES string of the molecule is CCC1(C2CCO2)COC1. The third-order valence-corrected chi connectivity index (χ3v) is 2.87. The van der Waals surface area contributed by atoms with Crippen LogP contribution in [0.5, 0.6) is 0 Å². The maximum Gasteiger partial charge on any atom is 0.0697 e. The Kier molecular flexibility index (Phi) is 1.46. The van der Waals surface area contributed by atoms with Gasteiger partial charge in [-0.15, -0.1) is 0 Å². The lowest BCUT2D eigenvalue weighted by Gasteiger charge is -2.50. The Labute approximate surface area is 61.5 Å². The highest BCUT2D eigenvalue weighted by molar-refractivity contribution is 4.94. The van der Waals surface area contributed by atoms with E-state index in [4.69, 9.17) is 9.47 Å². The summed E-state index contributed by atoms with van der Waals surface area (Å²) in [5.74, 6) is 0. The molecular weight excluding hydrogens is 128 g/mol. The summed E-state index contributed by atoms with van der Waals surface area (Å²) >= 11 is 0. The standard InChI is InChI=1S/C8H14O2/c1-2-8(5-9-6-8)7-3-4-10-7/h7H,2-6H2,1H3. The average molecular weight is 142 g/mol. The molecule has 0 N–H and O–H groups in total. The van der Waals surface area contributed by atoms with Gasteiger partial charge in [0.05, 0.1) is 19.3 Å². The van der Waals surface area contributed by atoms with Gasteiger partial charge >= 0.3 is 0 Å². The van der Waals surface area contributed by atoms with Gasteiger partial charge in [0.1, 0.15) is 0 Å². The highest BCUT2D eigenvalue weighted by atomic mass is 16.5. The van der Waals surface area contributed by atoms with E-state index in [2.05, 4.69) is 6.92 Å². The zero-order chi connectivity index (χ0) is 7.03. The van der Waals surface area contributed by atoms with Gasteiger partial charge in [0.15, 0.2) is 0 Å². The minimum atomic E-state index is 0.415. The summed E-state index contributed by atoms with van der Waals surface area (Å²) in [4.78, 5) is 0. The Balaban J connectivity index is 1.96. The average Bonchev–Trinajstić information content (AvgIpc) is 1.73. The second-order valence-corrected chi connectivity index (χ2v) is 3.36. The van der Waals surface area contributed by atoms with Crippen molar-refractivity contribution < 1.29 is 9.47 Å². The third kappa shape index (κ3) is 0.722. The van der Waals surface area contributed by atoms with E-state index in [9.17, 15) is 0 Å². The lowest BCUT2D eigenvalue weighted by Crippen LogP contribution is -2.55. The van der Waals surface area contributed by atoms with E-state index in [1.54, 1.807) is 0 Å². The Morgan fingerprint density at radius 3 is 2.30 bits per heavy atom. The molecule has 2 heterocycles. The predicted octanol–water partition coefficient (Wildman–Crippen LogP) is 1.20. The number of hydrogen-bond donors (Lipinski definition) is 0. The van der Waals surface area contributed by atoms with Crippen LogP contribution in [0.25, 0.3) is 0 Å². The minimum absolute atomic E-state index is 0.415. The second-order valence-electron chi connectivity index (χ2n) is 3.36. The van der Waals surface area contributed by atoms with Crippen LogP contribution in [-0.4, -0.2) is 25.9 Å². The van der Waals surface area contributed by atoms with Gasteiger partial charge in [-0.05, 0) is 12.8 Å². The molecule has 2 rings (SSSR count). The largest absolute Gasteiger partial charge is 0.380 e. The van der Waals surface area contributed by atoms with Crippen LogP contribution < -0.4 is 0 Å². The zero-order valence-electron chi connectivity index (χ0n) is 6.43. The molecule has 10 heavy (non-hydrogen) atoms. The van der Waals surface area contributed by atoms with Crippen molar-refractivity contribution in [3.8, 4) is 0 Å². The minimum Gasteiger partial charge on any atom is -0.380 e.